The van der Waals surface area contributed by atoms with Gasteiger partial charge in [-0.1, -0.05) is 63.9 Å². The first-order valence-electron chi connectivity index (χ1n) is 15.2. The topological polar surface area (TPSA) is 123 Å². The molecule has 0 radical (unpaired) electrons. The minimum Gasteiger partial charge on any atom is -0.399 e. The zero-order chi connectivity index (χ0) is 31.8. The molecule has 2 aromatic carbocycles. The van der Waals surface area contributed by atoms with Crippen LogP contribution in [0.5, 0.6) is 0 Å². The van der Waals surface area contributed by atoms with Crippen molar-refractivity contribution in [1.29, 1.82) is 0 Å². The Morgan fingerprint density at radius 1 is 1.11 bits per heavy atom. The van der Waals surface area contributed by atoms with Gasteiger partial charge in [0.2, 0.25) is 0 Å². The van der Waals surface area contributed by atoms with Gasteiger partial charge in [-0.25, -0.2) is 4.79 Å². The Kier molecular flexibility index (Phi) is 11.2. The Labute approximate surface area is 273 Å². The molecule has 3 aromatic rings. The molecule has 0 spiro atoms. The van der Waals surface area contributed by atoms with E-state index in [-0.39, 0.29) is 30.4 Å². The molecule has 240 valence electrons. The second-order valence-electron chi connectivity index (χ2n) is 11.5. The molecule has 1 atom stereocenters. The van der Waals surface area contributed by atoms with Gasteiger partial charge < -0.3 is 24.4 Å². The summed E-state index contributed by atoms with van der Waals surface area (Å²) in [6, 6.07) is 15.3. The highest BCUT2D eigenvalue weighted by atomic mass is 35.5. The average molecular weight is 657 g/mol. The van der Waals surface area contributed by atoms with Crippen LogP contribution >= 0.6 is 23.2 Å². The second-order valence-corrected chi connectivity index (χ2v) is 12.4. The normalized spacial score (nSPS) is 17.4. The summed E-state index contributed by atoms with van der Waals surface area (Å²) in [6.07, 6.45) is 3.54. The molecule has 1 N–H and O–H groups in total. The average Bonchev–Trinajstić information content (AvgIpc) is 3.55. The molecule has 0 bridgehead atoms. The number of hydrogen-bond donors (Lipinski definition) is 1. The molecule has 45 heavy (non-hydrogen) atoms. The lowest BCUT2D eigenvalue weighted by Gasteiger charge is -2.43. The fraction of sp³-hybridized carbons (Fsp3) is 0.484. The van der Waals surface area contributed by atoms with Gasteiger partial charge in [0.1, 0.15) is 7.11 Å². The molecule has 2 saturated heterocycles. The fourth-order valence-electron chi connectivity index (χ4n) is 6.22. The molecular weight excluding hydrogens is 617 g/mol. The maximum atomic E-state index is 13.3. The second kappa shape index (κ2) is 15.5. The number of piperidine rings is 1. The minimum atomic E-state index is -0.208. The first-order valence-corrected chi connectivity index (χ1v) is 15.9. The standard InChI is InChI=1S/C31H39Cl2N9O3/c1-39(30(43)23-17-24(32)19-25(33)18-23)20-28(36-45-2)27(22-7-4-3-5-8-22)11-16-40-14-9-26(10-15-40)42-13-6-12-41(31(42)44)21-29-34-37-38-35-29/h3-5,7-8,17-19,26-27H,6,9-16,20-21H2,1-2H3,(H,34,35,37,38)/b36-28+. The summed E-state index contributed by atoms with van der Waals surface area (Å²) in [5, 5.41) is 19.3. The number of H-pyrrole nitrogens is 1. The van der Waals surface area contributed by atoms with Gasteiger partial charge in [-0.2, -0.15) is 5.21 Å². The Morgan fingerprint density at radius 3 is 2.51 bits per heavy atom. The highest BCUT2D eigenvalue weighted by molar-refractivity contribution is 6.35. The number of hydrogen-bond acceptors (Lipinski definition) is 8. The van der Waals surface area contributed by atoms with E-state index in [1.54, 1.807) is 30.1 Å². The van der Waals surface area contributed by atoms with Gasteiger partial charge in [0.15, 0.2) is 5.82 Å². The summed E-state index contributed by atoms with van der Waals surface area (Å²) in [5.74, 6) is 0.249. The largest absolute Gasteiger partial charge is 0.399 e. The summed E-state index contributed by atoms with van der Waals surface area (Å²) in [7, 11) is 3.26. The smallest absolute Gasteiger partial charge is 0.320 e. The van der Waals surface area contributed by atoms with Gasteiger partial charge in [-0.05, 0) is 56.0 Å². The van der Waals surface area contributed by atoms with Crippen molar-refractivity contribution in [1.82, 2.24) is 40.2 Å². The molecule has 0 saturated carbocycles. The van der Waals surface area contributed by atoms with Crippen molar-refractivity contribution in [3.63, 3.8) is 0 Å². The number of aromatic nitrogens is 4. The van der Waals surface area contributed by atoms with Crippen LogP contribution in [0.3, 0.4) is 0 Å². The first kappa shape index (κ1) is 32.6. The Balaban J connectivity index is 1.21. The number of halogens is 2. The van der Waals surface area contributed by atoms with Crippen molar-refractivity contribution >= 4 is 40.9 Å². The molecule has 2 fully saturated rings. The van der Waals surface area contributed by atoms with Gasteiger partial charge in [0.05, 0.1) is 18.8 Å². The number of likely N-dealkylation sites (tertiary alicyclic amines) is 1. The zero-order valence-corrected chi connectivity index (χ0v) is 27.1. The number of aromatic amines is 1. The molecule has 2 aliphatic heterocycles. The maximum Gasteiger partial charge on any atom is 0.320 e. The van der Waals surface area contributed by atoms with Crippen molar-refractivity contribution in [2.75, 3.05) is 53.4 Å². The monoisotopic (exact) mass is 655 g/mol. The van der Waals surface area contributed by atoms with Crippen molar-refractivity contribution in [2.45, 2.75) is 44.2 Å². The first-order chi connectivity index (χ1) is 21.8. The van der Waals surface area contributed by atoms with E-state index in [9.17, 15) is 9.59 Å². The van der Waals surface area contributed by atoms with E-state index in [2.05, 4.69) is 42.8 Å². The third-order valence-corrected chi connectivity index (χ3v) is 8.90. The number of rotatable bonds is 12. The quantitative estimate of drug-likeness (QED) is 0.224. The molecule has 5 rings (SSSR count). The molecule has 2 aliphatic rings. The molecular formula is C31H39Cl2N9O3. The number of nitrogens with one attached hydrogen (secondary N) is 1. The van der Waals surface area contributed by atoms with Crippen LogP contribution in [-0.2, 0) is 11.4 Å². The number of nitrogens with zero attached hydrogens (tertiary/aromatic N) is 8. The van der Waals surface area contributed by atoms with Crippen LogP contribution in [0.2, 0.25) is 10.0 Å². The van der Waals surface area contributed by atoms with Gasteiger partial charge in [0, 0.05) is 60.8 Å². The molecule has 3 amide bonds. The van der Waals surface area contributed by atoms with Crippen LogP contribution in [0.15, 0.2) is 53.7 Å². The SMILES string of the molecule is CO/N=C(\CN(C)C(=O)c1cc(Cl)cc(Cl)c1)C(CCN1CCC(N2CCCN(Cc3nn[nH]n3)C2=O)CC1)c1ccccc1. The lowest BCUT2D eigenvalue weighted by molar-refractivity contribution is 0.0753. The Bertz CT molecular complexity index is 1430. The third kappa shape index (κ3) is 8.50. The summed E-state index contributed by atoms with van der Waals surface area (Å²) in [5.41, 5.74) is 2.27. The van der Waals surface area contributed by atoms with Crippen LogP contribution in [-0.4, -0.2) is 117 Å². The lowest BCUT2D eigenvalue weighted by Crippen LogP contribution is -2.55. The fourth-order valence-corrected chi connectivity index (χ4v) is 6.75. The Hall–Kier alpha value is -3.74. The van der Waals surface area contributed by atoms with E-state index >= 15 is 0 Å². The molecule has 1 unspecified atom stereocenters. The van der Waals surface area contributed by atoms with Gasteiger partial charge in [-0.15, -0.1) is 10.2 Å². The zero-order valence-electron chi connectivity index (χ0n) is 25.6. The predicted octanol–water partition coefficient (Wildman–Crippen LogP) is 4.55. The van der Waals surface area contributed by atoms with Gasteiger partial charge >= 0.3 is 6.03 Å². The molecule has 3 heterocycles. The van der Waals surface area contributed by atoms with E-state index in [0.717, 1.165) is 63.1 Å². The van der Waals surface area contributed by atoms with Gasteiger partial charge in [-0.3, -0.25) is 4.79 Å². The number of urea groups is 1. The molecule has 1 aromatic heterocycles. The van der Waals surface area contributed by atoms with Crippen LogP contribution in [0.4, 0.5) is 4.79 Å². The van der Waals surface area contributed by atoms with Crippen LogP contribution in [0.1, 0.15) is 53.3 Å². The summed E-state index contributed by atoms with van der Waals surface area (Å²) < 4.78 is 0. The van der Waals surface area contributed by atoms with Crippen molar-refractivity contribution in [2.24, 2.45) is 5.16 Å². The van der Waals surface area contributed by atoms with E-state index < -0.39 is 0 Å². The lowest BCUT2D eigenvalue weighted by atomic mass is 9.89. The third-order valence-electron chi connectivity index (χ3n) is 8.46. The number of carbonyl (C=O) groups excluding carboxylic acids is 2. The van der Waals surface area contributed by atoms with E-state index in [1.807, 2.05) is 28.0 Å². The van der Waals surface area contributed by atoms with Crippen molar-refractivity contribution in [3.05, 3.63) is 75.5 Å². The Morgan fingerprint density at radius 2 is 1.84 bits per heavy atom. The van der Waals surface area contributed by atoms with Gasteiger partial charge in [0.25, 0.3) is 5.91 Å². The highest BCUT2D eigenvalue weighted by Gasteiger charge is 2.34. The van der Waals surface area contributed by atoms with Crippen molar-refractivity contribution in [3.8, 4) is 0 Å². The van der Waals surface area contributed by atoms with Crippen LogP contribution in [0, 0.1) is 0 Å². The van der Waals surface area contributed by atoms with E-state index in [1.165, 1.54) is 7.11 Å². The number of oxime groups is 1. The summed E-state index contributed by atoms with van der Waals surface area (Å²) >= 11 is 12.3. The molecule has 12 nitrogen and oxygen atoms in total. The predicted molar refractivity (Wildman–Crippen MR) is 172 cm³/mol. The number of carbonyl (C=O) groups is 2. The number of benzene rings is 2. The number of amides is 3. The maximum absolute atomic E-state index is 13.3. The molecule has 14 heteroatoms. The van der Waals surface area contributed by atoms with E-state index in [0.29, 0.717) is 34.5 Å². The van der Waals surface area contributed by atoms with Crippen LogP contribution < -0.4 is 0 Å². The highest BCUT2D eigenvalue weighted by Crippen LogP contribution is 2.27. The summed E-state index contributed by atoms with van der Waals surface area (Å²) in [4.78, 5) is 39.8. The van der Waals surface area contributed by atoms with Crippen molar-refractivity contribution < 1.29 is 14.4 Å². The van der Waals surface area contributed by atoms with Crippen LogP contribution in [0.25, 0.3) is 0 Å². The van der Waals surface area contributed by atoms with E-state index in [4.69, 9.17) is 28.0 Å². The molecule has 0 aliphatic carbocycles. The number of tetrazole rings is 1. The minimum absolute atomic E-state index is 0.0489. The summed E-state index contributed by atoms with van der Waals surface area (Å²) in [6.45, 7) is 4.74.